The minimum Gasteiger partial charge on any atom is -0.309 e. The maximum atomic E-state index is 4.60. The van der Waals surface area contributed by atoms with Gasteiger partial charge in [0.15, 0.2) is 0 Å². The fourth-order valence-corrected chi connectivity index (χ4v) is 6.37. The lowest BCUT2D eigenvalue weighted by Gasteiger charge is -2.32. The van der Waals surface area contributed by atoms with E-state index >= 15 is 0 Å². The van der Waals surface area contributed by atoms with E-state index in [0.29, 0.717) is 0 Å². The third-order valence-corrected chi connectivity index (χ3v) is 9.57. The first-order chi connectivity index (χ1) is 22.3. The minimum atomic E-state index is 0.932. The Kier molecular flexibility index (Phi) is 9.70. The van der Waals surface area contributed by atoms with Crippen LogP contribution >= 0.6 is 47.8 Å². The first-order valence-electron chi connectivity index (χ1n) is 14.7. The lowest BCUT2D eigenvalue weighted by molar-refractivity contribution is 1.25. The van der Waals surface area contributed by atoms with E-state index in [-0.39, 0.29) is 0 Å². The number of nitrogens with zero attached hydrogens (tertiary/aromatic N) is 1. The predicted molar refractivity (Wildman–Crippen MR) is 208 cm³/mol. The summed E-state index contributed by atoms with van der Waals surface area (Å²) >= 11 is 10.7. The van der Waals surface area contributed by atoms with Gasteiger partial charge in [0.05, 0.1) is 17.1 Å². The van der Waals surface area contributed by atoms with Crippen LogP contribution in [0.15, 0.2) is 179 Å². The first-order valence-corrected chi connectivity index (χ1v) is 17.1. The van der Waals surface area contributed by atoms with E-state index in [1.54, 1.807) is 0 Å². The molecule has 0 aromatic heterocycles. The molecule has 0 unspecified atom stereocenters. The number of benzene rings is 6. The maximum Gasteiger partial charge on any atom is 0.0540 e. The topological polar surface area (TPSA) is 3.24 Å². The molecule has 0 aliphatic carbocycles. The maximum absolute atomic E-state index is 4.60. The quantitative estimate of drug-likeness (QED) is 0.141. The van der Waals surface area contributed by atoms with Gasteiger partial charge in [-0.3, -0.25) is 0 Å². The molecule has 0 spiro atoms. The molecule has 46 heavy (non-hydrogen) atoms. The molecule has 0 N–H and O–H groups in total. The van der Waals surface area contributed by atoms with Crippen molar-refractivity contribution >= 4 is 81.6 Å². The van der Waals surface area contributed by atoms with Crippen LogP contribution in [0.1, 0.15) is 33.4 Å². The Bertz CT molecular complexity index is 1820. The molecule has 0 amide bonds. The van der Waals surface area contributed by atoms with Crippen molar-refractivity contribution in [2.24, 2.45) is 0 Å². The van der Waals surface area contributed by atoms with Crippen LogP contribution in [0.4, 0.5) is 17.1 Å². The van der Waals surface area contributed by atoms with Crippen LogP contribution in [0.25, 0.3) is 16.7 Å². The van der Waals surface area contributed by atoms with E-state index in [4.69, 9.17) is 0 Å². The van der Waals surface area contributed by atoms with Crippen molar-refractivity contribution in [3.8, 4) is 0 Å². The standard InChI is InChI=1S/C42H30Br3N/c1-28(31-16-22-34(43)23-17-31)37-10-4-7-13-40(37)46(41-14-8-5-11-38(41)29(2)32-18-24-35(44)25-19-32)42-15-9-6-12-39(42)30(3)33-20-26-36(45)27-21-33/h4-27H,1-3H2. The van der Waals surface area contributed by atoms with Crippen molar-refractivity contribution in [1.82, 2.24) is 0 Å². The molecule has 6 aromatic rings. The fourth-order valence-electron chi connectivity index (χ4n) is 5.58. The first kappa shape index (κ1) is 31.7. The molecule has 0 atom stereocenters. The zero-order chi connectivity index (χ0) is 32.2. The van der Waals surface area contributed by atoms with Crippen molar-refractivity contribution in [2.45, 2.75) is 0 Å². The summed E-state index contributed by atoms with van der Waals surface area (Å²) in [6.45, 7) is 13.8. The summed E-state index contributed by atoms with van der Waals surface area (Å²) in [6, 6.07) is 50.3. The molecule has 0 bridgehead atoms. The highest BCUT2D eigenvalue weighted by Crippen LogP contribution is 2.46. The van der Waals surface area contributed by atoms with Crippen LogP contribution in [-0.2, 0) is 0 Å². The zero-order valence-electron chi connectivity index (χ0n) is 25.1. The molecule has 6 rings (SSSR count). The second kappa shape index (κ2) is 14.0. The average Bonchev–Trinajstić information content (AvgIpc) is 3.09. The van der Waals surface area contributed by atoms with Crippen LogP contribution in [0, 0.1) is 0 Å². The van der Waals surface area contributed by atoms with Crippen molar-refractivity contribution in [1.29, 1.82) is 0 Å². The Hall–Kier alpha value is -4.22. The highest BCUT2D eigenvalue weighted by molar-refractivity contribution is 9.11. The molecule has 4 heteroatoms. The van der Waals surface area contributed by atoms with Gasteiger partial charge in [-0.15, -0.1) is 0 Å². The molecule has 0 fully saturated rings. The highest BCUT2D eigenvalue weighted by Gasteiger charge is 2.24. The Labute approximate surface area is 296 Å². The molecule has 0 radical (unpaired) electrons. The normalized spacial score (nSPS) is 10.8. The van der Waals surface area contributed by atoms with E-state index in [9.17, 15) is 0 Å². The molecule has 0 aliphatic rings. The van der Waals surface area contributed by atoms with Crippen LogP contribution < -0.4 is 4.90 Å². The van der Waals surface area contributed by atoms with Gasteiger partial charge in [-0.1, -0.05) is 159 Å². The molecule has 0 aliphatic heterocycles. The minimum absolute atomic E-state index is 0.932. The molecule has 224 valence electrons. The van der Waals surface area contributed by atoms with Crippen LogP contribution in [0.5, 0.6) is 0 Å². The second-order valence-corrected chi connectivity index (χ2v) is 13.6. The lowest BCUT2D eigenvalue weighted by Crippen LogP contribution is -2.16. The van der Waals surface area contributed by atoms with Gasteiger partial charge in [-0.05, 0) is 88.0 Å². The van der Waals surface area contributed by atoms with Gasteiger partial charge in [0.25, 0.3) is 0 Å². The van der Waals surface area contributed by atoms with Crippen molar-refractivity contribution in [3.63, 3.8) is 0 Å². The predicted octanol–water partition coefficient (Wildman–Crippen LogP) is 13.6. The van der Waals surface area contributed by atoms with E-state index in [0.717, 1.165) is 80.6 Å². The number of rotatable bonds is 9. The number of para-hydroxylation sites is 3. The SMILES string of the molecule is C=C(c1ccc(Br)cc1)c1ccccc1N(c1ccccc1C(=C)c1ccc(Br)cc1)c1ccccc1C(=C)c1ccc(Br)cc1. The molecular weight excluding hydrogens is 758 g/mol. The molecule has 0 saturated carbocycles. The Morgan fingerprint density at radius 1 is 0.348 bits per heavy atom. The third kappa shape index (κ3) is 6.66. The summed E-state index contributed by atoms with van der Waals surface area (Å²) in [5.74, 6) is 0. The Morgan fingerprint density at radius 2 is 0.587 bits per heavy atom. The highest BCUT2D eigenvalue weighted by atomic mass is 79.9. The summed E-state index contributed by atoms with van der Waals surface area (Å²) < 4.78 is 3.08. The molecular formula is C42H30Br3N. The number of hydrogen-bond acceptors (Lipinski definition) is 1. The van der Waals surface area contributed by atoms with Gasteiger partial charge in [-0.2, -0.15) is 0 Å². The molecule has 1 nitrogen and oxygen atoms in total. The summed E-state index contributed by atoms with van der Waals surface area (Å²) in [5.41, 5.74) is 12.0. The molecule has 0 saturated heterocycles. The zero-order valence-corrected chi connectivity index (χ0v) is 29.8. The summed E-state index contributed by atoms with van der Waals surface area (Å²) in [6.07, 6.45) is 0. The third-order valence-electron chi connectivity index (χ3n) is 7.99. The Morgan fingerprint density at radius 3 is 0.848 bits per heavy atom. The van der Waals surface area contributed by atoms with Crippen LogP contribution in [-0.4, -0.2) is 0 Å². The number of halogens is 3. The van der Waals surface area contributed by atoms with Crippen molar-refractivity contribution < 1.29 is 0 Å². The summed E-state index contributed by atoms with van der Waals surface area (Å²) in [4.78, 5) is 2.33. The van der Waals surface area contributed by atoms with E-state index in [2.05, 4.69) is 218 Å². The van der Waals surface area contributed by atoms with Gasteiger partial charge in [0, 0.05) is 30.1 Å². The van der Waals surface area contributed by atoms with Gasteiger partial charge in [-0.25, -0.2) is 0 Å². The number of hydrogen-bond donors (Lipinski definition) is 0. The Balaban J connectivity index is 1.59. The smallest absolute Gasteiger partial charge is 0.0540 e. The monoisotopic (exact) mass is 785 g/mol. The summed E-state index contributed by atoms with van der Waals surface area (Å²) in [5, 5.41) is 0. The average molecular weight is 788 g/mol. The van der Waals surface area contributed by atoms with Crippen molar-refractivity contribution in [3.05, 3.63) is 212 Å². The second-order valence-electron chi connectivity index (χ2n) is 10.8. The van der Waals surface area contributed by atoms with Gasteiger partial charge in [0.2, 0.25) is 0 Å². The van der Waals surface area contributed by atoms with Crippen LogP contribution in [0.2, 0.25) is 0 Å². The largest absolute Gasteiger partial charge is 0.309 e. The fraction of sp³-hybridized carbons (Fsp3) is 0. The lowest BCUT2D eigenvalue weighted by atomic mass is 9.92. The van der Waals surface area contributed by atoms with Gasteiger partial charge in [0.1, 0.15) is 0 Å². The van der Waals surface area contributed by atoms with E-state index in [1.165, 1.54) is 0 Å². The van der Waals surface area contributed by atoms with Gasteiger partial charge < -0.3 is 4.90 Å². The summed E-state index contributed by atoms with van der Waals surface area (Å²) in [7, 11) is 0. The molecule has 6 aromatic carbocycles. The van der Waals surface area contributed by atoms with Crippen molar-refractivity contribution in [2.75, 3.05) is 4.90 Å². The number of anilines is 3. The van der Waals surface area contributed by atoms with Gasteiger partial charge >= 0.3 is 0 Å². The molecule has 0 heterocycles. The van der Waals surface area contributed by atoms with E-state index < -0.39 is 0 Å². The van der Waals surface area contributed by atoms with E-state index in [1.807, 2.05) is 0 Å². The van der Waals surface area contributed by atoms with Crippen LogP contribution in [0.3, 0.4) is 0 Å².